The number of hydrogen-bond acceptors (Lipinski definition) is 4. The van der Waals surface area contributed by atoms with Crippen molar-refractivity contribution in [3.05, 3.63) is 41.5 Å². The number of phenolic OH excluding ortho intramolecular Hbond substituents is 1. The van der Waals surface area contributed by atoms with Crippen LogP contribution in [0.25, 0.3) is 0 Å². The molecule has 1 aliphatic rings. The van der Waals surface area contributed by atoms with Gasteiger partial charge in [0.2, 0.25) is 0 Å². The van der Waals surface area contributed by atoms with Gasteiger partial charge in [-0.25, -0.2) is 0 Å². The largest absolute Gasteiger partial charge is 0.507 e. The van der Waals surface area contributed by atoms with Crippen LogP contribution < -0.4 is 0 Å². The molecule has 0 atom stereocenters. The normalized spacial score (nSPS) is 14.3. The van der Waals surface area contributed by atoms with Crippen LogP contribution in [0.4, 0.5) is 0 Å². The third-order valence-corrected chi connectivity index (χ3v) is 3.31. The van der Waals surface area contributed by atoms with Crippen molar-refractivity contribution in [3.63, 3.8) is 0 Å². The molecule has 0 unspecified atom stereocenters. The van der Waals surface area contributed by atoms with E-state index in [4.69, 9.17) is 0 Å². The molecule has 98 valence electrons. The lowest BCUT2D eigenvalue weighted by Crippen LogP contribution is -2.38. The molecule has 1 aliphatic heterocycles. The molecular formula is C13H14N4O2. The maximum absolute atomic E-state index is 12.4. The number of nitrogens with zero attached hydrogens (tertiary/aromatic N) is 4. The van der Waals surface area contributed by atoms with Gasteiger partial charge in [0.25, 0.3) is 5.91 Å². The molecule has 2 heterocycles. The average Bonchev–Trinajstić information content (AvgIpc) is 2.85. The molecule has 0 saturated carbocycles. The van der Waals surface area contributed by atoms with Gasteiger partial charge in [0, 0.05) is 13.1 Å². The number of benzene rings is 1. The molecular weight excluding hydrogens is 244 g/mol. The van der Waals surface area contributed by atoms with E-state index in [0.717, 1.165) is 11.4 Å². The Morgan fingerprint density at radius 1 is 1.37 bits per heavy atom. The summed E-state index contributed by atoms with van der Waals surface area (Å²) < 4.78 is 1.93. The van der Waals surface area contributed by atoms with Crippen molar-refractivity contribution in [1.82, 2.24) is 19.7 Å². The molecule has 1 aromatic carbocycles. The molecule has 0 aliphatic carbocycles. The molecule has 6 nitrogen and oxygen atoms in total. The average molecular weight is 258 g/mol. The Bertz CT molecular complexity index is 635. The van der Waals surface area contributed by atoms with E-state index in [-0.39, 0.29) is 11.7 Å². The Balaban J connectivity index is 1.85. The summed E-state index contributed by atoms with van der Waals surface area (Å²) in [7, 11) is 0. The number of hydrogen-bond donors (Lipinski definition) is 1. The lowest BCUT2D eigenvalue weighted by molar-refractivity contribution is 0.0704. The number of phenols is 1. The van der Waals surface area contributed by atoms with E-state index in [1.165, 1.54) is 0 Å². The fraction of sp³-hybridized carbons (Fsp3) is 0.308. The Hall–Kier alpha value is -2.37. The Kier molecular flexibility index (Phi) is 2.70. The summed E-state index contributed by atoms with van der Waals surface area (Å²) in [6, 6.07) is 5.07. The molecule has 1 aromatic heterocycles. The predicted octanol–water partition coefficient (Wildman–Crippen LogP) is 0.948. The summed E-state index contributed by atoms with van der Waals surface area (Å²) in [6.07, 6.45) is 1.67. The zero-order valence-corrected chi connectivity index (χ0v) is 10.6. The van der Waals surface area contributed by atoms with Crippen LogP contribution in [0, 0.1) is 6.92 Å². The summed E-state index contributed by atoms with van der Waals surface area (Å²) in [6.45, 7) is 3.57. The quantitative estimate of drug-likeness (QED) is 0.826. The number of aryl methyl sites for hydroxylation is 1. The number of amides is 1. The Morgan fingerprint density at radius 3 is 3.00 bits per heavy atom. The molecule has 0 spiro atoms. The van der Waals surface area contributed by atoms with Crippen LogP contribution in [0.3, 0.4) is 0 Å². The summed E-state index contributed by atoms with van der Waals surface area (Å²) >= 11 is 0. The predicted molar refractivity (Wildman–Crippen MR) is 67.6 cm³/mol. The number of carbonyl (C=O) groups is 1. The van der Waals surface area contributed by atoms with Crippen molar-refractivity contribution < 1.29 is 9.90 Å². The van der Waals surface area contributed by atoms with Crippen LogP contribution in [0.2, 0.25) is 0 Å². The second-order valence-electron chi connectivity index (χ2n) is 4.69. The van der Waals surface area contributed by atoms with E-state index in [9.17, 15) is 9.90 Å². The summed E-state index contributed by atoms with van der Waals surface area (Å²) in [5.74, 6) is 0.620. The molecule has 0 fully saturated rings. The second-order valence-corrected chi connectivity index (χ2v) is 4.69. The van der Waals surface area contributed by atoms with Gasteiger partial charge in [0.05, 0.1) is 12.1 Å². The van der Waals surface area contributed by atoms with Crippen molar-refractivity contribution in [3.8, 4) is 5.75 Å². The lowest BCUT2D eigenvalue weighted by atomic mass is 10.1. The standard InChI is InChI=1S/C13H14N4O2/c1-9-2-3-10(11(18)6-9)13(19)16-4-5-17-8-14-15-12(17)7-16/h2-3,6,8,18H,4-5,7H2,1H3. The van der Waals surface area contributed by atoms with Gasteiger partial charge in [-0.2, -0.15) is 0 Å². The van der Waals surface area contributed by atoms with Crippen molar-refractivity contribution in [2.75, 3.05) is 6.54 Å². The van der Waals surface area contributed by atoms with Gasteiger partial charge < -0.3 is 14.6 Å². The van der Waals surface area contributed by atoms with Gasteiger partial charge in [-0.3, -0.25) is 4.79 Å². The highest BCUT2D eigenvalue weighted by atomic mass is 16.3. The first-order valence-electron chi connectivity index (χ1n) is 6.11. The van der Waals surface area contributed by atoms with E-state index < -0.39 is 0 Å². The van der Waals surface area contributed by atoms with Crippen LogP contribution in [-0.2, 0) is 13.1 Å². The minimum absolute atomic E-state index is 0.0250. The topological polar surface area (TPSA) is 71.2 Å². The molecule has 1 amide bonds. The maximum atomic E-state index is 12.4. The first kappa shape index (κ1) is 11.7. The molecule has 0 radical (unpaired) electrons. The van der Waals surface area contributed by atoms with Crippen LogP contribution in [0.5, 0.6) is 5.75 Å². The third kappa shape index (κ3) is 2.05. The van der Waals surface area contributed by atoms with Crippen molar-refractivity contribution in [2.24, 2.45) is 0 Å². The monoisotopic (exact) mass is 258 g/mol. The number of rotatable bonds is 1. The first-order chi connectivity index (χ1) is 9.15. The molecule has 2 aromatic rings. The van der Waals surface area contributed by atoms with E-state index in [1.54, 1.807) is 23.4 Å². The molecule has 6 heteroatoms. The van der Waals surface area contributed by atoms with Crippen molar-refractivity contribution in [1.29, 1.82) is 0 Å². The number of aromatic nitrogens is 3. The molecule has 0 saturated heterocycles. The third-order valence-electron chi connectivity index (χ3n) is 3.31. The highest BCUT2D eigenvalue weighted by molar-refractivity contribution is 5.96. The van der Waals surface area contributed by atoms with Gasteiger partial charge in [-0.15, -0.1) is 10.2 Å². The van der Waals surface area contributed by atoms with Gasteiger partial charge in [-0.1, -0.05) is 6.07 Å². The number of aromatic hydroxyl groups is 1. The zero-order valence-electron chi connectivity index (χ0n) is 10.6. The SMILES string of the molecule is Cc1ccc(C(=O)N2CCn3cnnc3C2)c(O)c1. The zero-order chi connectivity index (χ0) is 13.4. The second kappa shape index (κ2) is 4.38. The fourth-order valence-electron chi connectivity index (χ4n) is 2.23. The minimum atomic E-state index is -0.174. The number of carbonyl (C=O) groups excluding carboxylic acids is 1. The van der Waals surface area contributed by atoms with E-state index >= 15 is 0 Å². The van der Waals surface area contributed by atoms with E-state index in [1.807, 2.05) is 17.6 Å². The van der Waals surface area contributed by atoms with Gasteiger partial charge in [-0.05, 0) is 24.6 Å². The van der Waals surface area contributed by atoms with Crippen LogP contribution in [-0.4, -0.2) is 37.2 Å². The fourth-order valence-corrected chi connectivity index (χ4v) is 2.23. The molecule has 0 bridgehead atoms. The Labute approximate surface area is 110 Å². The van der Waals surface area contributed by atoms with Gasteiger partial charge in [0.15, 0.2) is 5.82 Å². The molecule has 3 rings (SSSR count). The van der Waals surface area contributed by atoms with Crippen LogP contribution >= 0.6 is 0 Å². The molecule has 19 heavy (non-hydrogen) atoms. The Morgan fingerprint density at radius 2 is 2.21 bits per heavy atom. The van der Waals surface area contributed by atoms with E-state index in [0.29, 0.717) is 25.2 Å². The van der Waals surface area contributed by atoms with Crippen molar-refractivity contribution in [2.45, 2.75) is 20.0 Å². The highest BCUT2D eigenvalue weighted by Crippen LogP contribution is 2.22. The minimum Gasteiger partial charge on any atom is -0.507 e. The maximum Gasteiger partial charge on any atom is 0.258 e. The summed E-state index contributed by atoms with van der Waals surface area (Å²) in [5.41, 5.74) is 1.26. The first-order valence-corrected chi connectivity index (χ1v) is 6.11. The smallest absolute Gasteiger partial charge is 0.258 e. The van der Waals surface area contributed by atoms with E-state index in [2.05, 4.69) is 10.2 Å². The van der Waals surface area contributed by atoms with Crippen LogP contribution in [0.1, 0.15) is 21.7 Å². The van der Waals surface area contributed by atoms with Crippen molar-refractivity contribution >= 4 is 5.91 Å². The van der Waals surface area contributed by atoms with Crippen LogP contribution in [0.15, 0.2) is 24.5 Å². The van der Waals surface area contributed by atoms with Gasteiger partial charge >= 0.3 is 0 Å². The highest BCUT2D eigenvalue weighted by Gasteiger charge is 2.24. The van der Waals surface area contributed by atoms with Gasteiger partial charge in [0.1, 0.15) is 12.1 Å². The lowest BCUT2D eigenvalue weighted by Gasteiger charge is -2.27. The molecule has 1 N–H and O–H groups in total. The summed E-state index contributed by atoms with van der Waals surface area (Å²) in [5, 5.41) is 17.7. The number of fused-ring (bicyclic) bond motifs is 1. The summed E-state index contributed by atoms with van der Waals surface area (Å²) in [4.78, 5) is 14.0.